The van der Waals surface area contributed by atoms with E-state index >= 15 is 0 Å². The molecule has 0 aromatic heterocycles. The molecule has 0 fully saturated rings. The minimum Gasteiger partial charge on any atom is -0.467 e. The van der Waals surface area contributed by atoms with Crippen molar-refractivity contribution in [3.8, 4) is 0 Å². The molecule has 0 heterocycles. The third-order valence-electron chi connectivity index (χ3n) is 3.60. The van der Waals surface area contributed by atoms with Crippen molar-refractivity contribution >= 4 is 11.9 Å². The second-order valence-electron chi connectivity index (χ2n) is 5.32. The van der Waals surface area contributed by atoms with Crippen molar-refractivity contribution in [3.05, 3.63) is 71.0 Å². The summed E-state index contributed by atoms with van der Waals surface area (Å²) in [5.41, 5.74) is -0.204. The van der Waals surface area contributed by atoms with Crippen LogP contribution in [-0.4, -0.2) is 25.0 Å². The maximum Gasteiger partial charge on any atom is 0.328 e. The van der Waals surface area contributed by atoms with Gasteiger partial charge in [0.15, 0.2) is 0 Å². The lowest BCUT2D eigenvalue weighted by Gasteiger charge is -2.17. The van der Waals surface area contributed by atoms with Gasteiger partial charge in [-0.1, -0.05) is 24.3 Å². The summed E-state index contributed by atoms with van der Waals surface area (Å²) in [4.78, 5) is 23.9. The molecule has 1 N–H and O–H groups in total. The predicted octanol–water partition coefficient (Wildman–Crippen LogP) is 2.55. The van der Waals surface area contributed by atoms with Gasteiger partial charge in [0.05, 0.1) is 13.5 Å². The molecule has 2 aromatic rings. The van der Waals surface area contributed by atoms with E-state index in [9.17, 15) is 22.8 Å². The lowest BCUT2D eigenvalue weighted by molar-refractivity contribution is -0.145. The SMILES string of the molecule is COC(=O)[C@@H](Cc1ccccc1F)NC(=O)Cc1c(F)cccc1F. The molecule has 2 rings (SSSR count). The van der Waals surface area contributed by atoms with E-state index in [1.165, 1.54) is 24.3 Å². The molecule has 0 radical (unpaired) electrons. The van der Waals surface area contributed by atoms with Crippen molar-refractivity contribution in [2.75, 3.05) is 7.11 Å². The lowest BCUT2D eigenvalue weighted by Crippen LogP contribution is -2.44. The molecule has 1 amide bonds. The molecule has 1 atom stereocenters. The zero-order valence-corrected chi connectivity index (χ0v) is 13.4. The molecular weight excluding hydrogens is 335 g/mol. The molecule has 132 valence electrons. The summed E-state index contributed by atoms with van der Waals surface area (Å²) in [7, 11) is 1.12. The smallest absolute Gasteiger partial charge is 0.328 e. The van der Waals surface area contributed by atoms with Crippen LogP contribution in [0.2, 0.25) is 0 Å². The third-order valence-corrected chi connectivity index (χ3v) is 3.60. The average molecular weight is 351 g/mol. The lowest BCUT2D eigenvalue weighted by atomic mass is 10.0. The molecule has 25 heavy (non-hydrogen) atoms. The number of ether oxygens (including phenoxy) is 1. The number of carbonyl (C=O) groups excluding carboxylic acids is 2. The van der Waals surface area contributed by atoms with Crippen molar-refractivity contribution < 1.29 is 27.5 Å². The number of benzene rings is 2. The van der Waals surface area contributed by atoms with Crippen LogP contribution in [-0.2, 0) is 27.2 Å². The zero-order chi connectivity index (χ0) is 18.4. The van der Waals surface area contributed by atoms with Crippen molar-refractivity contribution in [2.45, 2.75) is 18.9 Å². The number of methoxy groups -OCH3 is 1. The van der Waals surface area contributed by atoms with E-state index in [2.05, 4.69) is 10.1 Å². The van der Waals surface area contributed by atoms with Crippen LogP contribution in [0.15, 0.2) is 42.5 Å². The Kier molecular flexibility index (Phi) is 6.16. The maximum absolute atomic E-state index is 13.7. The quantitative estimate of drug-likeness (QED) is 0.814. The summed E-state index contributed by atoms with van der Waals surface area (Å²) in [6.45, 7) is 0. The number of hydrogen-bond acceptors (Lipinski definition) is 3. The number of halogens is 3. The summed E-state index contributed by atoms with van der Waals surface area (Å²) in [5, 5.41) is 2.33. The Bertz CT molecular complexity index is 760. The molecule has 0 aliphatic heterocycles. The van der Waals surface area contributed by atoms with Crippen LogP contribution in [0.4, 0.5) is 13.2 Å². The Morgan fingerprint density at radius 2 is 1.60 bits per heavy atom. The normalized spacial score (nSPS) is 11.7. The van der Waals surface area contributed by atoms with E-state index in [1.54, 1.807) is 6.07 Å². The standard InChI is InChI=1S/C18H16F3NO3/c1-25-18(24)16(9-11-5-2-3-6-13(11)19)22-17(23)10-12-14(20)7-4-8-15(12)21/h2-8,16H,9-10H2,1H3,(H,22,23)/t16-/m1/s1. The Morgan fingerprint density at radius 1 is 1.00 bits per heavy atom. The highest BCUT2D eigenvalue weighted by Crippen LogP contribution is 2.14. The number of nitrogens with one attached hydrogen (secondary N) is 1. The Morgan fingerprint density at radius 3 is 2.20 bits per heavy atom. The fraction of sp³-hybridized carbons (Fsp3) is 0.222. The molecule has 0 spiro atoms. The van der Waals surface area contributed by atoms with Gasteiger partial charge in [-0.05, 0) is 23.8 Å². The largest absolute Gasteiger partial charge is 0.467 e. The highest BCUT2D eigenvalue weighted by molar-refractivity contribution is 5.85. The first-order valence-corrected chi connectivity index (χ1v) is 7.46. The number of esters is 1. The van der Waals surface area contributed by atoms with Gasteiger partial charge in [-0.15, -0.1) is 0 Å². The van der Waals surface area contributed by atoms with Gasteiger partial charge in [0.25, 0.3) is 0 Å². The predicted molar refractivity (Wildman–Crippen MR) is 84.1 cm³/mol. The van der Waals surface area contributed by atoms with Gasteiger partial charge >= 0.3 is 5.97 Å². The molecule has 0 bridgehead atoms. The van der Waals surface area contributed by atoms with Crippen LogP contribution in [0.1, 0.15) is 11.1 Å². The minimum absolute atomic E-state index is 0.148. The van der Waals surface area contributed by atoms with Crippen molar-refractivity contribution in [2.24, 2.45) is 0 Å². The fourth-order valence-corrected chi connectivity index (χ4v) is 2.33. The van der Waals surface area contributed by atoms with Gasteiger partial charge in [-0.3, -0.25) is 4.79 Å². The molecule has 0 saturated heterocycles. The maximum atomic E-state index is 13.7. The minimum atomic E-state index is -1.18. The highest BCUT2D eigenvalue weighted by atomic mass is 19.1. The van der Waals surface area contributed by atoms with Crippen LogP contribution in [0.3, 0.4) is 0 Å². The van der Waals surface area contributed by atoms with Crippen molar-refractivity contribution in [1.82, 2.24) is 5.32 Å². The first-order valence-electron chi connectivity index (χ1n) is 7.46. The van der Waals surface area contributed by atoms with Crippen molar-refractivity contribution in [3.63, 3.8) is 0 Å². The zero-order valence-electron chi connectivity index (χ0n) is 13.4. The molecule has 7 heteroatoms. The Hall–Kier alpha value is -2.83. The van der Waals surface area contributed by atoms with E-state index < -0.39 is 47.4 Å². The summed E-state index contributed by atoms with van der Waals surface area (Å²) in [5.74, 6) is -3.83. The van der Waals surface area contributed by atoms with Gasteiger partial charge in [0, 0.05) is 12.0 Å². The summed E-state index contributed by atoms with van der Waals surface area (Å²) in [6, 6.07) is 7.83. The van der Waals surface area contributed by atoms with Crippen LogP contribution in [0.25, 0.3) is 0 Å². The van der Waals surface area contributed by atoms with Gasteiger partial charge in [0.1, 0.15) is 23.5 Å². The van der Waals surface area contributed by atoms with Crippen LogP contribution < -0.4 is 5.32 Å². The number of carbonyl (C=O) groups is 2. The molecular formula is C18H16F3NO3. The summed E-state index contributed by atoms with van der Waals surface area (Å²) < 4.78 is 45.6. The molecule has 0 aliphatic rings. The topological polar surface area (TPSA) is 55.4 Å². The van der Waals surface area contributed by atoms with Gasteiger partial charge < -0.3 is 10.1 Å². The van der Waals surface area contributed by atoms with Gasteiger partial charge in [-0.2, -0.15) is 0 Å². The number of rotatable bonds is 6. The highest BCUT2D eigenvalue weighted by Gasteiger charge is 2.24. The van der Waals surface area contributed by atoms with Crippen molar-refractivity contribution in [1.29, 1.82) is 0 Å². The second kappa shape index (κ2) is 8.32. The first-order chi connectivity index (χ1) is 11.9. The Labute approximate surface area is 142 Å². The van der Waals surface area contributed by atoms with E-state index in [1.807, 2.05) is 0 Å². The summed E-state index contributed by atoms with van der Waals surface area (Å²) >= 11 is 0. The average Bonchev–Trinajstić information content (AvgIpc) is 2.59. The monoisotopic (exact) mass is 351 g/mol. The van der Waals surface area contributed by atoms with E-state index in [0.717, 1.165) is 19.2 Å². The Balaban J connectivity index is 2.13. The fourth-order valence-electron chi connectivity index (χ4n) is 2.33. The van der Waals surface area contributed by atoms with Crippen LogP contribution in [0, 0.1) is 17.5 Å². The van der Waals surface area contributed by atoms with E-state index in [4.69, 9.17) is 0 Å². The molecule has 0 aliphatic carbocycles. The van der Waals surface area contributed by atoms with E-state index in [-0.39, 0.29) is 12.0 Å². The molecule has 0 unspecified atom stereocenters. The van der Waals surface area contributed by atoms with Crippen LogP contribution >= 0.6 is 0 Å². The molecule has 2 aromatic carbocycles. The summed E-state index contributed by atoms with van der Waals surface area (Å²) in [6.07, 6.45) is -0.742. The first kappa shape index (κ1) is 18.5. The van der Waals surface area contributed by atoms with Crippen LogP contribution in [0.5, 0.6) is 0 Å². The molecule has 4 nitrogen and oxygen atoms in total. The number of amides is 1. The van der Waals surface area contributed by atoms with Gasteiger partial charge in [0.2, 0.25) is 5.91 Å². The molecule has 0 saturated carbocycles. The third kappa shape index (κ3) is 4.82. The van der Waals surface area contributed by atoms with E-state index in [0.29, 0.717) is 0 Å². The van der Waals surface area contributed by atoms with Gasteiger partial charge in [-0.25, -0.2) is 18.0 Å². The number of hydrogen-bond donors (Lipinski definition) is 1. The second-order valence-corrected chi connectivity index (χ2v) is 5.32.